The molecule has 0 spiro atoms. The van der Waals surface area contributed by atoms with Crippen molar-refractivity contribution in [2.75, 3.05) is 12.8 Å². The normalized spacial score (nSPS) is 24.8. The first-order valence-electron chi connectivity index (χ1n) is 8.20. The minimum absolute atomic E-state index is 0.0689. The van der Waals surface area contributed by atoms with Gasteiger partial charge in [-0.05, 0) is 32.9 Å². The first-order valence-corrected chi connectivity index (χ1v) is 10.6. The number of guanidine groups is 1. The van der Waals surface area contributed by atoms with Crippen LogP contribution in [0.3, 0.4) is 0 Å². The van der Waals surface area contributed by atoms with Crippen molar-refractivity contribution >= 4 is 39.8 Å². The average molecular weight is 410 g/mol. The van der Waals surface area contributed by atoms with Gasteiger partial charge < -0.3 is 5.73 Å². The van der Waals surface area contributed by atoms with Crippen LogP contribution in [-0.4, -0.2) is 42.1 Å². The van der Waals surface area contributed by atoms with Gasteiger partial charge in [0.1, 0.15) is 21.1 Å². The molecule has 27 heavy (non-hydrogen) atoms. The molecule has 5 N–H and O–H groups in total. The van der Waals surface area contributed by atoms with Gasteiger partial charge in [-0.3, -0.25) is 19.2 Å². The van der Waals surface area contributed by atoms with Gasteiger partial charge in [0.25, 0.3) is 5.91 Å². The quantitative estimate of drug-likeness (QED) is 0.604. The molecule has 1 aliphatic heterocycles. The van der Waals surface area contributed by atoms with E-state index in [4.69, 9.17) is 10.7 Å². The Bertz CT molecular complexity index is 897. The number of carbonyl (C=O) groups excluding carboxylic acids is 1. The van der Waals surface area contributed by atoms with E-state index in [0.717, 1.165) is 0 Å². The molecule has 1 unspecified atom stereocenters. The van der Waals surface area contributed by atoms with E-state index in [1.807, 2.05) is 6.07 Å². The summed E-state index contributed by atoms with van der Waals surface area (Å²) in [6, 6.07) is 8.65. The molecule has 146 valence electrons. The summed E-state index contributed by atoms with van der Waals surface area (Å²) in [6.07, 6.45) is 0. The zero-order chi connectivity index (χ0) is 20.0. The fourth-order valence-electron chi connectivity index (χ4n) is 2.83. The summed E-state index contributed by atoms with van der Waals surface area (Å²) < 4.78 is 22.2. The van der Waals surface area contributed by atoms with Crippen molar-refractivity contribution in [3.63, 3.8) is 0 Å². The Morgan fingerprint density at radius 3 is 2.44 bits per heavy atom. The second-order valence-electron chi connectivity index (χ2n) is 6.93. The number of aromatic nitrogens is 1. The molecular formula is C17H23N5O3S2. The number of anilines is 1. The van der Waals surface area contributed by atoms with E-state index in [1.54, 1.807) is 50.4 Å². The number of nitrogens with one attached hydrogen (secondary N) is 1. The van der Waals surface area contributed by atoms with Crippen LogP contribution in [-0.2, 0) is 5.54 Å². The standard InChI is InChI=1S/C17H23N5O3S2/c1-16(2)17(3,14-19-12(18)10-26-14)21-15(22(4)27(16,24)25)20-13(23)11-8-6-5-7-9-11/h5-10,24-25H,18H2,1-4H3,(H,20,21,23). The fourth-order valence-corrected chi connectivity index (χ4v) is 5.56. The molecule has 0 aliphatic carbocycles. The zero-order valence-electron chi connectivity index (χ0n) is 15.5. The van der Waals surface area contributed by atoms with E-state index in [1.165, 1.54) is 22.7 Å². The number of hydrogen-bond acceptors (Lipinski definition) is 8. The fraction of sp³-hybridized carbons (Fsp3) is 0.353. The van der Waals surface area contributed by atoms with Crippen LogP contribution in [0.4, 0.5) is 5.82 Å². The van der Waals surface area contributed by atoms with E-state index < -0.39 is 27.0 Å². The Morgan fingerprint density at radius 1 is 1.26 bits per heavy atom. The molecule has 1 aromatic carbocycles. The van der Waals surface area contributed by atoms with Crippen molar-refractivity contribution in [3.05, 3.63) is 46.3 Å². The molecule has 1 amide bonds. The van der Waals surface area contributed by atoms with Crippen molar-refractivity contribution in [2.24, 2.45) is 4.99 Å². The van der Waals surface area contributed by atoms with Crippen LogP contribution in [0.5, 0.6) is 0 Å². The predicted molar refractivity (Wildman–Crippen MR) is 110 cm³/mol. The highest BCUT2D eigenvalue weighted by atomic mass is 32.3. The number of rotatable bonds is 2. The molecule has 10 heteroatoms. The van der Waals surface area contributed by atoms with E-state index in [0.29, 0.717) is 16.4 Å². The van der Waals surface area contributed by atoms with Crippen LogP contribution >= 0.6 is 22.1 Å². The van der Waals surface area contributed by atoms with Crippen molar-refractivity contribution in [1.29, 1.82) is 0 Å². The molecule has 3 rings (SSSR count). The van der Waals surface area contributed by atoms with Gasteiger partial charge in [0.2, 0.25) is 5.96 Å². The number of amides is 1. The van der Waals surface area contributed by atoms with Gasteiger partial charge in [-0.25, -0.2) is 14.3 Å². The summed E-state index contributed by atoms with van der Waals surface area (Å²) in [5, 5.41) is 4.92. The zero-order valence-corrected chi connectivity index (χ0v) is 17.1. The van der Waals surface area contributed by atoms with Gasteiger partial charge in [-0.1, -0.05) is 18.2 Å². The van der Waals surface area contributed by atoms with E-state index in [9.17, 15) is 13.9 Å². The molecule has 2 heterocycles. The van der Waals surface area contributed by atoms with E-state index in [-0.39, 0.29) is 5.96 Å². The van der Waals surface area contributed by atoms with Crippen LogP contribution in [0.25, 0.3) is 0 Å². The van der Waals surface area contributed by atoms with E-state index >= 15 is 0 Å². The van der Waals surface area contributed by atoms with Crippen LogP contribution in [0.2, 0.25) is 0 Å². The molecule has 8 nitrogen and oxygen atoms in total. The molecular weight excluding hydrogens is 386 g/mol. The van der Waals surface area contributed by atoms with Crippen molar-refractivity contribution in [1.82, 2.24) is 14.6 Å². The van der Waals surface area contributed by atoms with Gasteiger partial charge in [0, 0.05) is 18.0 Å². The van der Waals surface area contributed by atoms with Gasteiger partial charge in [-0.15, -0.1) is 22.1 Å². The lowest BCUT2D eigenvalue weighted by Gasteiger charge is -2.60. The number of hydrogen-bond donors (Lipinski definition) is 4. The Hall–Kier alpha value is -2.14. The summed E-state index contributed by atoms with van der Waals surface area (Å²) in [4.78, 5) is 21.6. The Balaban J connectivity index is 2.08. The lowest BCUT2D eigenvalue weighted by molar-refractivity contribution is 0.0973. The van der Waals surface area contributed by atoms with Gasteiger partial charge in [0.15, 0.2) is 0 Å². The third-order valence-electron chi connectivity index (χ3n) is 5.07. The summed E-state index contributed by atoms with van der Waals surface area (Å²) >= 11 is 1.29. The third kappa shape index (κ3) is 2.98. The highest BCUT2D eigenvalue weighted by Crippen LogP contribution is 2.65. The molecule has 0 saturated heterocycles. The Kier molecular flexibility index (Phi) is 4.71. The van der Waals surface area contributed by atoms with Crippen molar-refractivity contribution in [3.8, 4) is 0 Å². The summed E-state index contributed by atoms with van der Waals surface area (Å²) in [6.45, 7) is 5.20. The average Bonchev–Trinajstić information content (AvgIpc) is 3.06. The largest absolute Gasteiger partial charge is 0.383 e. The smallest absolute Gasteiger partial charge is 0.257 e. The lowest BCUT2D eigenvalue weighted by atomic mass is 9.88. The highest BCUT2D eigenvalue weighted by Gasteiger charge is 2.58. The van der Waals surface area contributed by atoms with Gasteiger partial charge in [0.05, 0.1) is 0 Å². The Morgan fingerprint density at radius 2 is 1.89 bits per heavy atom. The molecule has 2 aromatic rings. The second-order valence-corrected chi connectivity index (χ2v) is 10.4. The SMILES string of the molecule is CN1C(NC(=O)c2ccccc2)=NC(C)(c2nc(N)cs2)C(C)(C)S1(O)O. The van der Waals surface area contributed by atoms with Gasteiger partial charge in [-0.2, -0.15) is 0 Å². The molecule has 1 aliphatic rings. The van der Waals surface area contributed by atoms with Crippen LogP contribution < -0.4 is 11.1 Å². The number of nitrogens with two attached hydrogens (primary N) is 1. The lowest BCUT2D eigenvalue weighted by Crippen LogP contribution is -2.60. The second kappa shape index (κ2) is 6.48. The molecule has 1 atom stereocenters. The molecule has 1 aromatic heterocycles. The molecule has 0 fully saturated rings. The first-order chi connectivity index (χ1) is 12.5. The summed E-state index contributed by atoms with van der Waals surface area (Å²) in [5.41, 5.74) is 5.11. The first kappa shape index (κ1) is 19.6. The number of benzene rings is 1. The maximum Gasteiger partial charge on any atom is 0.257 e. The highest BCUT2D eigenvalue weighted by molar-refractivity contribution is 8.23. The predicted octanol–water partition coefficient (Wildman–Crippen LogP) is 3.12. The van der Waals surface area contributed by atoms with Crippen LogP contribution in [0, 0.1) is 0 Å². The van der Waals surface area contributed by atoms with E-state index in [2.05, 4.69) is 10.3 Å². The third-order valence-corrected chi connectivity index (χ3v) is 8.84. The summed E-state index contributed by atoms with van der Waals surface area (Å²) in [7, 11) is -1.85. The maximum atomic E-state index is 12.6. The summed E-state index contributed by atoms with van der Waals surface area (Å²) in [5.74, 6) is 0.0177. The van der Waals surface area contributed by atoms with Crippen molar-refractivity contribution in [2.45, 2.75) is 31.1 Å². The molecule has 0 bridgehead atoms. The molecule has 0 radical (unpaired) electrons. The topological polar surface area (TPSA) is 124 Å². The van der Waals surface area contributed by atoms with Gasteiger partial charge >= 0.3 is 0 Å². The van der Waals surface area contributed by atoms with Crippen LogP contribution in [0.1, 0.15) is 36.1 Å². The minimum atomic E-state index is -3.35. The number of nitrogens with zero attached hydrogens (tertiary/aromatic N) is 3. The number of carbonyl (C=O) groups is 1. The molecule has 0 saturated carbocycles. The number of nitrogen functional groups attached to an aromatic ring is 1. The number of aliphatic imine (C=N–C) groups is 1. The monoisotopic (exact) mass is 409 g/mol. The van der Waals surface area contributed by atoms with Crippen LogP contribution in [0.15, 0.2) is 40.7 Å². The number of thiazole rings is 1. The maximum absolute atomic E-state index is 12.6. The van der Waals surface area contributed by atoms with Crippen molar-refractivity contribution < 1.29 is 13.9 Å². The Labute approximate surface area is 163 Å². The minimum Gasteiger partial charge on any atom is -0.383 e.